The summed E-state index contributed by atoms with van der Waals surface area (Å²) in [6, 6.07) is -0.814. The third-order valence-electron chi connectivity index (χ3n) is 1.53. The van der Waals surface area contributed by atoms with E-state index in [-0.39, 0.29) is 0 Å². The smallest absolute Gasteiger partial charge is 0.338 e. The van der Waals surface area contributed by atoms with E-state index in [2.05, 4.69) is 0 Å². The average Bonchev–Trinajstić information content (AvgIpc) is 2.47. The van der Waals surface area contributed by atoms with Crippen LogP contribution in [0.5, 0.6) is 0 Å². The van der Waals surface area contributed by atoms with Crippen molar-refractivity contribution in [2.75, 3.05) is 13.2 Å². The molecule has 0 aromatic carbocycles. The summed E-state index contributed by atoms with van der Waals surface area (Å²) in [4.78, 5) is 12.4. The number of ether oxygens (including phenoxy) is 1. The Morgan fingerprint density at radius 1 is 1.71 bits per heavy atom. The van der Waals surface area contributed by atoms with Gasteiger partial charge in [-0.3, -0.25) is 4.90 Å². The van der Waals surface area contributed by atoms with Crippen molar-refractivity contribution in [3.63, 3.8) is 0 Å². The molecule has 8 heteroatoms. The van der Waals surface area contributed by atoms with Gasteiger partial charge in [-0.15, -0.1) is 0 Å². The van der Waals surface area contributed by atoms with Gasteiger partial charge in [-0.2, -0.15) is 8.42 Å². The monoisotopic (exact) mass is 240 g/mol. The summed E-state index contributed by atoms with van der Waals surface area (Å²) in [5, 5.41) is 0. The number of nitrogens with one attached hydrogen (secondary N) is 1. The normalized spacial score (nSPS) is 19.6. The van der Waals surface area contributed by atoms with Gasteiger partial charge in [0.2, 0.25) is 0 Å². The maximum atomic E-state index is 11.3. The molecule has 0 atom stereocenters. The third-order valence-corrected chi connectivity index (χ3v) is 2.18. The Kier molecular flexibility index (Phi) is 3.22. The van der Waals surface area contributed by atoms with E-state index in [9.17, 15) is 13.2 Å². The second kappa shape index (κ2) is 4.05. The minimum Gasteiger partial charge on any atom is -0.477 e. The predicted molar refractivity (Wildman–Crippen MR) is 49.7 cm³/mol. The van der Waals surface area contributed by atoms with Crippen LogP contribution in [-0.2, 0) is 14.0 Å². The van der Waals surface area contributed by atoms with Gasteiger partial charge in [-0.05, 0) is 13.0 Å². The molecule has 0 bridgehead atoms. The first-order valence-corrected chi connectivity index (χ1v) is 6.08. The fraction of sp³-hybridized carbons (Fsp3) is 0.500. The molecule has 14 heavy (non-hydrogen) atoms. The second-order valence-corrected chi connectivity index (χ2v) is 4.77. The minimum absolute atomic E-state index is 0.303. The highest BCUT2D eigenvalue weighted by Crippen LogP contribution is 2.13. The van der Waals surface area contributed by atoms with E-state index in [4.69, 9.17) is 15.4 Å². The number of hydrogen-bond donors (Lipinski definition) is 1. The molecule has 80 valence electrons. The van der Waals surface area contributed by atoms with Gasteiger partial charge in [-0.1, -0.05) is 0 Å². The molecule has 1 aliphatic rings. The predicted octanol–water partition coefficient (Wildman–Crippen LogP) is 0.373. The molecule has 1 N–H and O–H groups in total. The molecule has 0 radical (unpaired) electrons. The molecule has 1 fully saturated rings. The van der Waals surface area contributed by atoms with E-state index >= 15 is 0 Å². The first kappa shape index (κ1) is 11.1. The van der Waals surface area contributed by atoms with Gasteiger partial charge < -0.3 is 4.74 Å². The lowest BCUT2D eigenvalue weighted by atomic mass is 10.5. The lowest BCUT2D eigenvalue weighted by Gasteiger charge is -2.13. The zero-order valence-corrected chi connectivity index (χ0v) is 8.93. The fourth-order valence-corrected chi connectivity index (χ4v) is 1.55. The highest BCUT2D eigenvalue weighted by Gasteiger charge is 2.26. The van der Waals surface area contributed by atoms with Crippen LogP contribution in [0.4, 0.5) is 4.79 Å². The molecule has 1 rings (SSSR count). The summed E-state index contributed by atoms with van der Waals surface area (Å²) >= 11 is 0. The number of amides is 2. The van der Waals surface area contributed by atoms with Crippen molar-refractivity contribution in [1.82, 2.24) is 9.62 Å². The number of urea groups is 1. The van der Waals surface area contributed by atoms with E-state index in [1.807, 2.05) is 0 Å². The number of carbonyl (C=O) groups is 1. The van der Waals surface area contributed by atoms with Crippen LogP contribution in [0.2, 0.25) is 0 Å². The maximum absolute atomic E-state index is 11.3. The highest BCUT2D eigenvalue weighted by atomic mass is 35.7. The number of allylic oxidation sites excluding steroid dienone is 1. The molecule has 0 saturated carbocycles. The Bertz CT molecular complexity index is 364. The maximum Gasteiger partial charge on any atom is 0.338 e. The summed E-state index contributed by atoms with van der Waals surface area (Å²) in [7, 11) is 0.806. The van der Waals surface area contributed by atoms with Crippen molar-refractivity contribution in [3.8, 4) is 0 Å². The number of rotatable bonds is 1. The largest absolute Gasteiger partial charge is 0.477 e. The van der Waals surface area contributed by atoms with Crippen molar-refractivity contribution < 1.29 is 17.9 Å². The third kappa shape index (κ3) is 2.78. The lowest BCUT2D eigenvalue weighted by molar-refractivity contribution is 0.206. The summed E-state index contributed by atoms with van der Waals surface area (Å²) in [6.07, 6.45) is 1.56. The minimum atomic E-state index is -4.04. The van der Waals surface area contributed by atoms with Gasteiger partial charge in [0.25, 0.3) is 0 Å². The Morgan fingerprint density at radius 3 is 2.86 bits per heavy atom. The molecule has 1 aliphatic heterocycles. The van der Waals surface area contributed by atoms with Crippen molar-refractivity contribution in [2.24, 2.45) is 0 Å². The van der Waals surface area contributed by atoms with Crippen LogP contribution < -0.4 is 4.72 Å². The first-order valence-electron chi connectivity index (χ1n) is 3.77. The van der Waals surface area contributed by atoms with E-state index < -0.39 is 15.3 Å². The van der Waals surface area contributed by atoms with Crippen LogP contribution in [-0.4, -0.2) is 32.5 Å². The van der Waals surface area contributed by atoms with Crippen LogP contribution in [0.15, 0.2) is 12.0 Å². The van der Waals surface area contributed by atoms with E-state index in [1.54, 1.807) is 17.7 Å². The SMILES string of the molecule is C/C=C1\OCCN1C(=O)NS(=O)(=O)Cl. The average molecular weight is 241 g/mol. The second-order valence-electron chi connectivity index (χ2n) is 2.47. The molecule has 6 nitrogen and oxygen atoms in total. The van der Waals surface area contributed by atoms with Crippen molar-refractivity contribution in [1.29, 1.82) is 0 Å². The van der Waals surface area contributed by atoms with Crippen molar-refractivity contribution in [3.05, 3.63) is 12.0 Å². The van der Waals surface area contributed by atoms with Gasteiger partial charge >= 0.3 is 15.3 Å². The summed E-state index contributed by atoms with van der Waals surface area (Å²) in [5.41, 5.74) is 0. The molecule has 2 amide bonds. The summed E-state index contributed by atoms with van der Waals surface area (Å²) < 4.78 is 27.7. The Labute approximate surface area is 86.0 Å². The van der Waals surface area contributed by atoms with Crippen molar-refractivity contribution >= 4 is 26.0 Å². The van der Waals surface area contributed by atoms with Gasteiger partial charge in [0.1, 0.15) is 6.61 Å². The van der Waals surface area contributed by atoms with Crippen LogP contribution in [0.1, 0.15) is 6.92 Å². The van der Waals surface area contributed by atoms with Crippen LogP contribution in [0, 0.1) is 0 Å². The van der Waals surface area contributed by atoms with Gasteiger partial charge in [0.05, 0.1) is 6.54 Å². The van der Waals surface area contributed by atoms with Gasteiger partial charge in [0.15, 0.2) is 5.88 Å². The van der Waals surface area contributed by atoms with Gasteiger partial charge in [-0.25, -0.2) is 9.52 Å². The fourth-order valence-electron chi connectivity index (χ4n) is 1.03. The Morgan fingerprint density at radius 2 is 2.36 bits per heavy atom. The van der Waals surface area contributed by atoms with Crippen LogP contribution in [0.25, 0.3) is 0 Å². The molecule has 0 aromatic rings. The number of nitrogens with zero attached hydrogens (tertiary/aromatic N) is 1. The molecule has 1 saturated heterocycles. The van der Waals surface area contributed by atoms with E-state index in [1.165, 1.54) is 0 Å². The summed E-state index contributed by atoms with van der Waals surface area (Å²) in [6.45, 7) is 2.32. The van der Waals surface area contributed by atoms with Crippen LogP contribution >= 0.6 is 10.7 Å². The lowest BCUT2D eigenvalue weighted by Crippen LogP contribution is -2.38. The number of halogens is 1. The molecule has 0 unspecified atom stereocenters. The molecule has 0 aliphatic carbocycles. The number of hydrogen-bond acceptors (Lipinski definition) is 4. The molecule has 1 heterocycles. The van der Waals surface area contributed by atoms with E-state index in [0.717, 1.165) is 4.90 Å². The van der Waals surface area contributed by atoms with E-state index in [0.29, 0.717) is 19.0 Å². The van der Waals surface area contributed by atoms with Crippen LogP contribution in [0.3, 0.4) is 0 Å². The Hall–Kier alpha value is -0.950. The van der Waals surface area contributed by atoms with Crippen molar-refractivity contribution in [2.45, 2.75) is 6.92 Å². The Balaban J connectivity index is 2.71. The molecular weight excluding hydrogens is 232 g/mol. The molecule has 0 spiro atoms. The zero-order valence-electron chi connectivity index (χ0n) is 7.36. The topological polar surface area (TPSA) is 75.7 Å². The molecule has 0 aromatic heterocycles. The first-order chi connectivity index (χ1) is 6.44. The van der Waals surface area contributed by atoms with Gasteiger partial charge in [0, 0.05) is 10.7 Å². The molecular formula is C6H9ClN2O4S. The number of carbonyl (C=O) groups excluding carboxylic acids is 1. The quantitative estimate of drug-likeness (QED) is 0.672. The highest BCUT2D eigenvalue weighted by molar-refractivity contribution is 8.12. The standard InChI is InChI=1S/C6H9ClN2O4S/c1-2-5-9(3-4-13-5)6(10)8-14(7,11)12/h2H,3-4H2,1H3,(H,8,10)/b5-2-. The summed E-state index contributed by atoms with van der Waals surface area (Å²) in [5.74, 6) is 0.322. The zero-order chi connectivity index (χ0) is 10.8.